The van der Waals surface area contributed by atoms with Crippen molar-refractivity contribution < 1.29 is 4.74 Å². The van der Waals surface area contributed by atoms with Gasteiger partial charge in [0.2, 0.25) is 0 Å². The van der Waals surface area contributed by atoms with Crippen molar-refractivity contribution in [2.75, 3.05) is 13.2 Å². The third kappa shape index (κ3) is 2.96. The number of rotatable bonds is 4. The highest BCUT2D eigenvalue weighted by Crippen LogP contribution is 2.36. The van der Waals surface area contributed by atoms with Crippen LogP contribution in [0.1, 0.15) is 40.0 Å². The van der Waals surface area contributed by atoms with Gasteiger partial charge in [0.15, 0.2) is 0 Å². The number of hydrogen-bond donors (Lipinski definition) is 1. The van der Waals surface area contributed by atoms with Crippen molar-refractivity contribution in [2.45, 2.75) is 46.1 Å². The van der Waals surface area contributed by atoms with Crippen LogP contribution in [0.25, 0.3) is 0 Å². The second-order valence-electron chi connectivity index (χ2n) is 4.93. The van der Waals surface area contributed by atoms with Gasteiger partial charge < -0.3 is 10.5 Å². The molecule has 2 N–H and O–H groups in total. The number of nitrogens with two attached hydrogens (primary N) is 1. The molecule has 0 aromatic rings. The Morgan fingerprint density at radius 1 is 1.36 bits per heavy atom. The van der Waals surface area contributed by atoms with Gasteiger partial charge in [0.05, 0.1) is 12.7 Å². The van der Waals surface area contributed by atoms with Gasteiger partial charge in [-0.3, -0.25) is 0 Å². The van der Waals surface area contributed by atoms with Crippen LogP contribution in [0.4, 0.5) is 0 Å². The lowest BCUT2D eigenvalue weighted by atomic mass is 9.72. The highest BCUT2D eigenvalue weighted by Gasteiger charge is 2.33. The molecule has 0 heterocycles. The first kappa shape index (κ1) is 12.0. The molecule has 0 aromatic carbocycles. The van der Waals surface area contributed by atoms with Gasteiger partial charge in [0.25, 0.3) is 0 Å². The van der Waals surface area contributed by atoms with Crippen LogP contribution >= 0.6 is 0 Å². The molecule has 0 aliphatic heterocycles. The Morgan fingerprint density at radius 2 is 2.07 bits per heavy atom. The summed E-state index contributed by atoms with van der Waals surface area (Å²) in [5.41, 5.74) is 5.48. The van der Waals surface area contributed by atoms with E-state index in [0.717, 1.165) is 24.4 Å². The maximum absolute atomic E-state index is 5.85. The Morgan fingerprint density at radius 3 is 2.64 bits per heavy atom. The second kappa shape index (κ2) is 5.72. The first-order valence-corrected chi connectivity index (χ1v) is 5.98. The van der Waals surface area contributed by atoms with E-state index in [9.17, 15) is 0 Å². The summed E-state index contributed by atoms with van der Waals surface area (Å²) < 4.78 is 5.85. The van der Waals surface area contributed by atoms with Gasteiger partial charge in [-0.25, -0.2) is 0 Å². The van der Waals surface area contributed by atoms with E-state index < -0.39 is 0 Å². The van der Waals surface area contributed by atoms with Crippen LogP contribution in [0.15, 0.2) is 0 Å². The zero-order chi connectivity index (χ0) is 10.6. The van der Waals surface area contributed by atoms with Crippen molar-refractivity contribution in [1.82, 2.24) is 0 Å². The maximum Gasteiger partial charge on any atom is 0.0608 e. The average molecular weight is 199 g/mol. The van der Waals surface area contributed by atoms with E-state index in [-0.39, 0.29) is 0 Å². The molecule has 1 fully saturated rings. The summed E-state index contributed by atoms with van der Waals surface area (Å²) in [6, 6.07) is 0. The van der Waals surface area contributed by atoms with Gasteiger partial charge in [-0.15, -0.1) is 0 Å². The minimum absolute atomic E-state index is 0.460. The minimum atomic E-state index is 0.460. The van der Waals surface area contributed by atoms with Gasteiger partial charge in [-0.2, -0.15) is 0 Å². The van der Waals surface area contributed by atoms with E-state index in [1.165, 1.54) is 19.3 Å². The molecule has 1 aliphatic carbocycles. The smallest absolute Gasteiger partial charge is 0.0608 e. The largest absolute Gasteiger partial charge is 0.377 e. The van der Waals surface area contributed by atoms with E-state index in [4.69, 9.17) is 10.5 Å². The van der Waals surface area contributed by atoms with Crippen molar-refractivity contribution >= 4 is 0 Å². The summed E-state index contributed by atoms with van der Waals surface area (Å²) in [6.45, 7) is 8.36. The molecule has 2 heteroatoms. The summed E-state index contributed by atoms with van der Waals surface area (Å²) in [5.74, 6) is 2.27. The zero-order valence-corrected chi connectivity index (χ0v) is 9.83. The molecule has 0 unspecified atom stereocenters. The molecule has 3 atom stereocenters. The standard InChI is InChI=1S/C12H25NO/c1-9(2)12-10(3)5-4-6-11(12)14-8-7-13/h9-12H,4-8,13H2,1-3H3/t10-,11+,12-/m1/s1. The number of ether oxygens (including phenoxy) is 1. The Kier molecular flexibility index (Phi) is 4.90. The Balaban J connectivity index is 2.51. The van der Waals surface area contributed by atoms with E-state index in [1.54, 1.807) is 0 Å². The SMILES string of the molecule is CC(C)[C@@H]1[C@H](C)CCC[C@@H]1OCCN. The van der Waals surface area contributed by atoms with E-state index in [0.29, 0.717) is 12.6 Å². The van der Waals surface area contributed by atoms with Crippen LogP contribution in [-0.2, 0) is 4.74 Å². The third-order valence-electron chi connectivity index (χ3n) is 3.45. The molecule has 14 heavy (non-hydrogen) atoms. The van der Waals surface area contributed by atoms with Crippen LogP contribution in [0.2, 0.25) is 0 Å². The van der Waals surface area contributed by atoms with E-state index >= 15 is 0 Å². The van der Waals surface area contributed by atoms with Gasteiger partial charge in [0, 0.05) is 6.54 Å². The van der Waals surface area contributed by atoms with Crippen molar-refractivity contribution in [3.8, 4) is 0 Å². The molecule has 1 aliphatic rings. The first-order valence-electron chi connectivity index (χ1n) is 5.98. The third-order valence-corrected chi connectivity index (χ3v) is 3.45. The Bertz CT molecular complexity index is 158. The van der Waals surface area contributed by atoms with Crippen LogP contribution in [0.5, 0.6) is 0 Å². The second-order valence-corrected chi connectivity index (χ2v) is 4.93. The van der Waals surface area contributed by atoms with Crippen molar-refractivity contribution in [1.29, 1.82) is 0 Å². The predicted molar refractivity (Wildman–Crippen MR) is 60.1 cm³/mol. The van der Waals surface area contributed by atoms with Gasteiger partial charge in [0.1, 0.15) is 0 Å². The molecule has 0 radical (unpaired) electrons. The fourth-order valence-corrected chi connectivity index (χ4v) is 2.89. The maximum atomic E-state index is 5.85. The summed E-state index contributed by atoms with van der Waals surface area (Å²) in [6.07, 6.45) is 4.38. The Labute approximate surface area is 88.2 Å². The normalized spacial score (nSPS) is 33.6. The fraction of sp³-hybridized carbons (Fsp3) is 1.00. The lowest BCUT2D eigenvalue weighted by molar-refractivity contribution is -0.0435. The highest BCUT2D eigenvalue weighted by molar-refractivity contribution is 4.82. The average Bonchev–Trinajstić information content (AvgIpc) is 2.14. The molecular formula is C12H25NO. The molecule has 0 spiro atoms. The minimum Gasteiger partial charge on any atom is -0.377 e. The molecule has 84 valence electrons. The Hall–Kier alpha value is -0.0800. The van der Waals surface area contributed by atoms with Crippen molar-refractivity contribution in [3.05, 3.63) is 0 Å². The summed E-state index contributed by atoms with van der Waals surface area (Å²) >= 11 is 0. The predicted octanol–water partition coefficient (Wildman–Crippen LogP) is 2.42. The topological polar surface area (TPSA) is 35.2 Å². The molecule has 0 amide bonds. The van der Waals surface area contributed by atoms with E-state index in [2.05, 4.69) is 20.8 Å². The molecule has 0 bridgehead atoms. The van der Waals surface area contributed by atoms with Crippen molar-refractivity contribution in [2.24, 2.45) is 23.5 Å². The monoisotopic (exact) mass is 199 g/mol. The highest BCUT2D eigenvalue weighted by atomic mass is 16.5. The van der Waals surface area contributed by atoms with Crippen molar-refractivity contribution in [3.63, 3.8) is 0 Å². The van der Waals surface area contributed by atoms with Crippen LogP contribution in [-0.4, -0.2) is 19.3 Å². The van der Waals surface area contributed by atoms with Gasteiger partial charge >= 0.3 is 0 Å². The molecular weight excluding hydrogens is 174 g/mol. The summed E-state index contributed by atoms with van der Waals surface area (Å²) in [5, 5.41) is 0. The lowest BCUT2D eigenvalue weighted by Gasteiger charge is -2.39. The summed E-state index contributed by atoms with van der Waals surface area (Å²) in [7, 11) is 0. The quantitative estimate of drug-likeness (QED) is 0.754. The fourth-order valence-electron chi connectivity index (χ4n) is 2.89. The molecule has 1 saturated carbocycles. The van der Waals surface area contributed by atoms with Gasteiger partial charge in [-0.1, -0.05) is 33.6 Å². The zero-order valence-electron chi connectivity index (χ0n) is 9.83. The molecule has 1 rings (SSSR count). The van der Waals surface area contributed by atoms with Crippen LogP contribution in [0.3, 0.4) is 0 Å². The van der Waals surface area contributed by atoms with Gasteiger partial charge in [-0.05, 0) is 24.2 Å². The molecule has 0 saturated heterocycles. The summed E-state index contributed by atoms with van der Waals surface area (Å²) in [4.78, 5) is 0. The molecule has 2 nitrogen and oxygen atoms in total. The van der Waals surface area contributed by atoms with Crippen LogP contribution in [0, 0.1) is 17.8 Å². The first-order chi connectivity index (χ1) is 6.66. The van der Waals surface area contributed by atoms with Crippen LogP contribution < -0.4 is 5.73 Å². The number of hydrogen-bond acceptors (Lipinski definition) is 2. The lowest BCUT2D eigenvalue weighted by Crippen LogP contribution is -2.37. The van der Waals surface area contributed by atoms with E-state index in [1.807, 2.05) is 0 Å². The molecule has 0 aromatic heterocycles.